The third-order valence-corrected chi connectivity index (χ3v) is 8.11. The Kier molecular flexibility index (Phi) is 3.29. The average molecular weight is 332 g/mol. The number of aliphatic hydroxyl groups excluding tert-OH is 1. The first-order valence-electron chi connectivity index (χ1n) is 9.21. The van der Waals surface area contributed by atoms with E-state index in [-0.39, 0.29) is 16.7 Å². The smallest absolute Gasteiger partial charge is 0.309 e. The normalized spacial score (nSPS) is 47.4. The molecule has 3 aliphatic rings. The van der Waals surface area contributed by atoms with Gasteiger partial charge in [-0.05, 0) is 61.7 Å². The van der Waals surface area contributed by atoms with Gasteiger partial charge in [-0.25, -0.2) is 0 Å². The number of aliphatic carboxylic acids is 1. The Morgan fingerprint density at radius 3 is 2.62 bits per heavy atom. The number of fused-ring (bicyclic) bond motifs is 5. The zero-order valence-electron chi connectivity index (χ0n) is 14.8. The molecule has 4 rings (SSSR count). The summed E-state index contributed by atoms with van der Waals surface area (Å²) in [7, 11) is 0. The van der Waals surface area contributed by atoms with Gasteiger partial charge in [-0.3, -0.25) is 4.79 Å². The molecule has 4 nitrogen and oxygen atoms in total. The number of carboxylic acids is 1. The summed E-state index contributed by atoms with van der Waals surface area (Å²) in [4.78, 5) is 12.1. The highest BCUT2D eigenvalue weighted by molar-refractivity contribution is 5.75. The Labute approximate surface area is 143 Å². The molecule has 0 spiro atoms. The molecule has 0 bridgehead atoms. The fourth-order valence-corrected chi connectivity index (χ4v) is 6.81. The molecule has 2 fully saturated rings. The fourth-order valence-electron chi connectivity index (χ4n) is 6.81. The van der Waals surface area contributed by atoms with Crippen molar-refractivity contribution < 1.29 is 19.4 Å². The Bertz CT molecular complexity index is 679. The predicted octanol–water partition coefficient (Wildman–Crippen LogP) is 4.28. The molecule has 1 heterocycles. The molecule has 3 aliphatic carbocycles. The summed E-state index contributed by atoms with van der Waals surface area (Å²) >= 11 is 0. The van der Waals surface area contributed by atoms with Gasteiger partial charge in [-0.15, -0.1) is 0 Å². The quantitative estimate of drug-likeness (QED) is 0.805. The average Bonchev–Trinajstić information content (AvgIpc) is 3.01. The van der Waals surface area contributed by atoms with Crippen LogP contribution in [0.15, 0.2) is 16.9 Å². The van der Waals surface area contributed by atoms with Crippen molar-refractivity contribution >= 4 is 5.97 Å². The van der Waals surface area contributed by atoms with Crippen LogP contribution in [0.4, 0.5) is 0 Å². The fraction of sp³-hybridized carbons (Fsp3) is 0.750. The van der Waals surface area contributed by atoms with E-state index in [1.54, 1.807) is 6.26 Å². The monoisotopic (exact) mass is 332 g/mol. The predicted molar refractivity (Wildman–Crippen MR) is 89.6 cm³/mol. The summed E-state index contributed by atoms with van der Waals surface area (Å²) < 4.78 is 5.45. The molecule has 2 N–H and O–H groups in total. The summed E-state index contributed by atoms with van der Waals surface area (Å²) in [6.45, 7) is 6.53. The van der Waals surface area contributed by atoms with E-state index in [1.165, 1.54) is 0 Å². The van der Waals surface area contributed by atoms with Gasteiger partial charge in [0.1, 0.15) is 0 Å². The topological polar surface area (TPSA) is 70.7 Å². The second kappa shape index (κ2) is 4.87. The van der Waals surface area contributed by atoms with Gasteiger partial charge in [0.25, 0.3) is 0 Å². The lowest BCUT2D eigenvalue weighted by atomic mass is 9.40. The molecule has 0 aromatic carbocycles. The number of hydrogen-bond donors (Lipinski definition) is 2. The van der Waals surface area contributed by atoms with Gasteiger partial charge >= 0.3 is 5.97 Å². The van der Waals surface area contributed by atoms with Crippen LogP contribution < -0.4 is 0 Å². The number of hydrogen-bond acceptors (Lipinski definition) is 3. The van der Waals surface area contributed by atoms with Gasteiger partial charge in [-0.1, -0.05) is 20.3 Å². The van der Waals surface area contributed by atoms with Gasteiger partial charge < -0.3 is 14.6 Å². The van der Waals surface area contributed by atoms with E-state index < -0.39 is 17.5 Å². The Morgan fingerprint density at radius 2 is 1.92 bits per heavy atom. The van der Waals surface area contributed by atoms with Crippen LogP contribution >= 0.6 is 0 Å². The molecule has 0 aliphatic heterocycles. The second-order valence-electron chi connectivity index (χ2n) is 9.14. The van der Waals surface area contributed by atoms with E-state index in [2.05, 4.69) is 13.8 Å². The van der Waals surface area contributed by atoms with Crippen LogP contribution in [0.1, 0.15) is 76.5 Å². The first kappa shape index (κ1) is 16.2. The van der Waals surface area contributed by atoms with Crippen molar-refractivity contribution in [3.63, 3.8) is 0 Å². The summed E-state index contributed by atoms with van der Waals surface area (Å²) in [5, 5.41) is 20.6. The molecule has 2 saturated carbocycles. The molecule has 0 radical (unpaired) electrons. The van der Waals surface area contributed by atoms with Crippen LogP contribution in [-0.4, -0.2) is 16.2 Å². The van der Waals surface area contributed by atoms with E-state index in [0.717, 1.165) is 43.2 Å². The van der Waals surface area contributed by atoms with Gasteiger partial charge in [0.05, 0.1) is 24.0 Å². The van der Waals surface area contributed by atoms with Gasteiger partial charge in [0.2, 0.25) is 0 Å². The highest BCUT2D eigenvalue weighted by Crippen LogP contribution is 2.68. The first-order chi connectivity index (χ1) is 11.2. The van der Waals surface area contributed by atoms with Crippen LogP contribution in [0.25, 0.3) is 0 Å². The van der Waals surface area contributed by atoms with Gasteiger partial charge in [-0.2, -0.15) is 0 Å². The Morgan fingerprint density at radius 1 is 1.17 bits per heavy atom. The first-order valence-corrected chi connectivity index (χ1v) is 9.21. The van der Waals surface area contributed by atoms with E-state index in [9.17, 15) is 15.0 Å². The molecule has 6 atom stereocenters. The molecule has 0 saturated heterocycles. The maximum Gasteiger partial charge on any atom is 0.309 e. The highest BCUT2D eigenvalue weighted by Gasteiger charge is 2.63. The van der Waals surface area contributed by atoms with Crippen molar-refractivity contribution in [2.24, 2.45) is 22.7 Å². The summed E-state index contributed by atoms with van der Waals surface area (Å²) in [6.07, 6.45) is 8.42. The van der Waals surface area contributed by atoms with E-state index in [4.69, 9.17) is 4.42 Å². The summed E-state index contributed by atoms with van der Waals surface area (Å²) in [5.41, 5.74) is 1.37. The van der Waals surface area contributed by atoms with Crippen molar-refractivity contribution in [1.82, 2.24) is 0 Å². The third kappa shape index (κ3) is 1.81. The van der Waals surface area contributed by atoms with Crippen molar-refractivity contribution in [3.05, 3.63) is 23.7 Å². The maximum atomic E-state index is 12.1. The lowest BCUT2D eigenvalue weighted by molar-refractivity contribution is -0.174. The standard InChI is InChI=1S/C20H28O4/c1-18-8-5-15-19(2,6-4-7-20(15,3)17(22)23)16(18)9-14(21)12-10-24-11-13(12)18/h10-11,14-16,21H,4-9H2,1-3H3,(H,22,23)/t14-,15+,16-,18-,19-,20-/m0/s1. The van der Waals surface area contributed by atoms with E-state index >= 15 is 0 Å². The summed E-state index contributed by atoms with van der Waals surface area (Å²) in [6, 6.07) is 0. The number of rotatable bonds is 1. The second-order valence-corrected chi connectivity index (χ2v) is 9.14. The zero-order chi connectivity index (χ0) is 17.3. The van der Waals surface area contributed by atoms with Crippen LogP contribution in [0.2, 0.25) is 0 Å². The number of carboxylic acid groups (broad SMARTS) is 1. The minimum Gasteiger partial charge on any atom is -0.481 e. The van der Waals surface area contributed by atoms with Crippen molar-refractivity contribution in [2.75, 3.05) is 0 Å². The molecule has 1 aromatic heterocycles. The number of furan rings is 1. The molecule has 24 heavy (non-hydrogen) atoms. The molecule has 0 unspecified atom stereocenters. The minimum absolute atomic E-state index is 0.0242. The van der Waals surface area contributed by atoms with E-state index in [0.29, 0.717) is 12.3 Å². The largest absolute Gasteiger partial charge is 0.481 e. The van der Waals surface area contributed by atoms with Crippen LogP contribution in [0.5, 0.6) is 0 Å². The van der Waals surface area contributed by atoms with Crippen LogP contribution in [0, 0.1) is 22.7 Å². The van der Waals surface area contributed by atoms with Crippen molar-refractivity contribution in [3.8, 4) is 0 Å². The lowest BCUT2D eigenvalue weighted by Gasteiger charge is -2.63. The molecule has 0 amide bonds. The zero-order valence-corrected chi connectivity index (χ0v) is 14.8. The SMILES string of the molecule is C[C@]12CCC[C@](C)(C(=O)O)[C@@H]1CC[C@@]1(C)c3cocc3[C@@H](O)C[C@H]21. The lowest BCUT2D eigenvalue weighted by Crippen LogP contribution is -2.59. The van der Waals surface area contributed by atoms with Crippen molar-refractivity contribution in [1.29, 1.82) is 0 Å². The number of aliphatic hydroxyl groups is 1. The maximum absolute atomic E-state index is 12.1. The minimum atomic E-state index is -0.651. The Hall–Kier alpha value is -1.29. The highest BCUT2D eigenvalue weighted by atomic mass is 16.4. The molecule has 1 aromatic rings. The van der Waals surface area contributed by atoms with Crippen LogP contribution in [-0.2, 0) is 10.2 Å². The van der Waals surface area contributed by atoms with Gasteiger partial charge in [0.15, 0.2) is 0 Å². The van der Waals surface area contributed by atoms with Gasteiger partial charge in [0, 0.05) is 11.1 Å². The van der Waals surface area contributed by atoms with E-state index in [1.807, 2.05) is 13.2 Å². The molecule has 132 valence electrons. The molecule has 4 heteroatoms. The third-order valence-electron chi connectivity index (χ3n) is 8.11. The van der Waals surface area contributed by atoms with Crippen molar-refractivity contribution in [2.45, 2.75) is 70.8 Å². The molecular formula is C20H28O4. The van der Waals surface area contributed by atoms with Crippen LogP contribution in [0.3, 0.4) is 0 Å². The summed E-state index contributed by atoms with van der Waals surface area (Å²) in [5.74, 6) is -0.180. The Balaban J connectivity index is 1.82. The number of carbonyl (C=O) groups is 1. The molecular weight excluding hydrogens is 304 g/mol.